The third-order valence-corrected chi connectivity index (χ3v) is 3.48. The van der Waals surface area contributed by atoms with Crippen LogP contribution in [0.2, 0.25) is 0 Å². The molecular formula is C11H7BrF3NO. The first-order valence-electron chi connectivity index (χ1n) is 4.70. The Labute approximate surface area is 103 Å². The van der Waals surface area contributed by atoms with Gasteiger partial charge in [0, 0.05) is 20.9 Å². The van der Waals surface area contributed by atoms with Gasteiger partial charge in [0.15, 0.2) is 0 Å². The van der Waals surface area contributed by atoms with Crippen LogP contribution in [0.4, 0.5) is 13.2 Å². The molecule has 0 aliphatic rings. The van der Waals surface area contributed by atoms with Gasteiger partial charge in [-0.15, -0.1) is 0 Å². The summed E-state index contributed by atoms with van der Waals surface area (Å²) < 4.78 is 38.1. The number of hydrogen-bond acceptors (Lipinski definition) is 1. The molecule has 2 aromatic rings. The topological polar surface area (TPSA) is 32.9 Å². The van der Waals surface area contributed by atoms with E-state index in [-0.39, 0.29) is 10.8 Å². The molecule has 2 nitrogen and oxygen atoms in total. The standard InChI is InChI=1S/C11H7BrF3NO/c1-5-9(12)8-4-6(11(13,14)15)2-3-7(8)10(17)16-5/h2-4H,1H3,(H,16,17). The van der Waals surface area contributed by atoms with E-state index in [1.165, 1.54) is 6.07 Å². The minimum absolute atomic E-state index is 0.232. The van der Waals surface area contributed by atoms with Crippen LogP contribution in [0, 0.1) is 6.92 Å². The number of benzene rings is 1. The highest BCUT2D eigenvalue weighted by Gasteiger charge is 2.30. The number of nitrogens with one attached hydrogen (secondary N) is 1. The van der Waals surface area contributed by atoms with Crippen molar-refractivity contribution in [1.82, 2.24) is 4.98 Å². The summed E-state index contributed by atoms with van der Waals surface area (Å²) in [5.41, 5.74) is -0.660. The number of alkyl halides is 3. The van der Waals surface area contributed by atoms with Crippen LogP contribution in [-0.2, 0) is 6.18 Å². The van der Waals surface area contributed by atoms with E-state index < -0.39 is 17.3 Å². The summed E-state index contributed by atoms with van der Waals surface area (Å²) in [7, 11) is 0. The highest BCUT2D eigenvalue weighted by molar-refractivity contribution is 9.10. The van der Waals surface area contributed by atoms with Crippen LogP contribution in [0.3, 0.4) is 0 Å². The molecular weight excluding hydrogens is 299 g/mol. The van der Waals surface area contributed by atoms with E-state index >= 15 is 0 Å². The maximum atomic E-state index is 12.5. The van der Waals surface area contributed by atoms with E-state index in [0.29, 0.717) is 10.2 Å². The monoisotopic (exact) mass is 305 g/mol. The van der Waals surface area contributed by atoms with Crippen molar-refractivity contribution in [2.24, 2.45) is 0 Å². The number of rotatable bonds is 0. The lowest BCUT2D eigenvalue weighted by Gasteiger charge is -2.09. The molecule has 1 N–H and O–H groups in total. The third kappa shape index (κ3) is 2.09. The fourth-order valence-electron chi connectivity index (χ4n) is 1.59. The minimum Gasteiger partial charge on any atom is -0.325 e. The summed E-state index contributed by atoms with van der Waals surface area (Å²) in [4.78, 5) is 14.1. The summed E-state index contributed by atoms with van der Waals surface area (Å²) in [6.45, 7) is 1.62. The van der Waals surface area contributed by atoms with Gasteiger partial charge in [-0.1, -0.05) is 0 Å². The molecule has 90 valence electrons. The molecule has 0 spiro atoms. The number of aromatic amines is 1. The predicted molar refractivity (Wildman–Crippen MR) is 62.0 cm³/mol. The van der Waals surface area contributed by atoms with E-state index in [0.717, 1.165) is 12.1 Å². The van der Waals surface area contributed by atoms with Crippen LogP contribution >= 0.6 is 15.9 Å². The molecule has 1 aromatic carbocycles. The highest BCUT2D eigenvalue weighted by atomic mass is 79.9. The van der Waals surface area contributed by atoms with Crippen molar-refractivity contribution < 1.29 is 13.2 Å². The Bertz CT molecular complexity index is 645. The molecule has 0 saturated heterocycles. The maximum absolute atomic E-state index is 12.5. The first kappa shape index (κ1) is 12.2. The average molecular weight is 306 g/mol. The van der Waals surface area contributed by atoms with Gasteiger partial charge in [0.05, 0.1) is 5.56 Å². The zero-order valence-electron chi connectivity index (χ0n) is 8.65. The summed E-state index contributed by atoms with van der Waals surface area (Å²) >= 11 is 3.18. The van der Waals surface area contributed by atoms with Crippen LogP contribution in [0.1, 0.15) is 11.3 Å². The molecule has 0 aliphatic heterocycles. The molecule has 1 aromatic heterocycles. The predicted octanol–water partition coefficient (Wildman–Crippen LogP) is 3.62. The molecule has 0 fully saturated rings. The summed E-state index contributed by atoms with van der Waals surface area (Å²) in [5, 5.41) is 0.497. The number of H-pyrrole nitrogens is 1. The fraction of sp³-hybridized carbons (Fsp3) is 0.182. The molecule has 1 heterocycles. The van der Waals surface area contributed by atoms with E-state index in [1.807, 2.05) is 0 Å². The Morgan fingerprint density at radius 1 is 1.24 bits per heavy atom. The largest absolute Gasteiger partial charge is 0.416 e. The highest BCUT2D eigenvalue weighted by Crippen LogP contribution is 2.33. The van der Waals surface area contributed by atoms with E-state index in [1.54, 1.807) is 6.92 Å². The summed E-state index contributed by atoms with van der Waals surface area (Å²) in [5.74, 6) is 0. The number of aromatic nitrogens is 1. The third-order valence-electron chi connectivity index (χ3n) is 2.46. The lowest BCUT2D eigenvalue weighted by Crippen LogP contribution is -2.10. The van der Waals surface area contributed by atoms with Crippen molar-refractivity contribution in [2.75, 3.05) is 0 Å². The Morgan fingerprint density at radius 3 is 2.47 bits per heavy atom. The molecule has 0 amide bonds. The summed E-state index contributed by atoms with van der Waals surface area (Å²) in [6.07, 6.45) is -4.41. The number of aryl methyl sites for hydroxylation is 1. The first-order chi connectivity index (χ1) is 7.80. The lowest BCUT2D eigenvalue weighted by atomic mass is 10.1. The second-order valence-electron chi connectivity index (χ2n) is 3.65. The Hall–Kier alpha value is -1.30. The van der Waals surface area contributed by atoms with Gasteiger partial charge in [-0.05, 0) is 41.1 Å². The van der Waals surface area contributed by atoms with Gasteiger partial charge < -0.3 is 4.98 Å². The van der Waals surface area contributed by atoms with Crippen molar-refractivity contribution in [3.05, 3.63) is 44.3 Å². The van der Waals surface area contributed by atoms with Gasteiger partial charge in [-0.2, -0.15) is 13.2 Å². The number of hydrogen-bond donors (Lipinski definition) is 1. The SMILES string of the molecule is Cc1[nH]c(=O)c2ccc(C(F)(F)F)cc2c1Br. The zero-order chi connectivity index (χ0) is 12.8. The van der Waals surface area contributed by atoms with Crippen molar-refractivity contribution >= 4 is 26.7 Å². The quantitative estimate of drug-likeness (QED) is 0.792. The number of halogens is 4. The van der Waals surface area contributed by atoms with Gasteiger partial charge in [0.25, 0.3) is 5.56 Å². The molecule has 0 atom stereocenters. The average Bonchev–Trinajstić information content (AvgIpc) is 2.24. The van der Waals surface area contributed by atoms with Gasteiger partial charge in [-0.25, -0.2) is 0 Å². The van der Waals surface area contributed by atoms with Crippen LogP contribution in [0.5, 0.6) is 0 Å². The molecule has 0 saturated carbocycles. The van der Waals surface area contributed by atoms with E-state index in [4.69, 9.17) is 0 Å². The Kier molecular flexibility index (Phi) is 2.77. The Morgan fingerprint density at radius 2 is 1.88 bits per heavy atom. The van der Waals surface area contributed by atoms with Crippen LogP contribution in [0.15, 0.2) is 27.5 Å². The smallest absolute Gasteiger partial charge is 0.325 e. The van der Waals surface area contributed by atoms with Crippen molar-refractivity contribution in [1.29, 1.82) is 0 Å². The molecule has 0 aliphatic carbocycles. The molecule has 0 unspecified atom stereocenters. The second kappa shape index (κ2) is 3.87. The second-order valence-corrected chi connectivity index (χ2v) is 4.44. The maximum Gasteiger partial charge on any atom is 0.416 e. The van der Waals surface area contributed by atoms with E-state index in [2.05, 4.69) is 20.9 Å². The van der Waals surface area contributed by atoms with Crippen LogP contribution in [-0.4, -0.2) is 4.98 Å². The van der Waals surface area contributed by atoms with Gasteiger partial charge in [-0.3, -0.25) is 4.79 Å². The van der Waals surface area contributed by atoms with Crippen molar-refractivity contribution in [2.45, 2.75) is 13.1 Å². The normalized spacial score (nSPS) is 12.1. The van der Waals surface area contributed by atoms with Gasteiger partial charge >= 0.3 is 6.18 Å². The van der Waals surface area contributed by atoms with E-state index in [9.17, 15) is 18.0 Å². The molecule has 17 heavy (non-hydrogen) atoms. The van der Waals surface area contributed by atoms with Gasteiger partial charge in [0.2, 0.25) is 0 Å². The van der Waals surface area contributed by atoms with Crippen molar-refractivity contribution in [3.8, 4) is 0 Å². The van der Waals surface area contributed by atoms with Crippen molar-refractivity contribution in [3.63, 3.8) is 0 Å². The zero-order valence-corrected chi connectivity index (χ0v) is 10.2. The number of fused-ring (bicyclic) bond motifs is 1. The first-order valence-corrected chi connectivity index (χ1v) is 5.49. The molecule has 0 radical (unpaired) electrons. The Balaban J connectivity index is 2.86. The van der Waals surface area contributed by atoms with Crippen LogP contribution in [0.25, 0.3) is 10.8 Å². The van der Waals surface area contributed by atoms with Gasteiger partial charge in [0.1, 0.15) is 0 Å². The lowest BCUT2D eigenvalue weighted by molar-refractivity contribution is -0.137. The molecule has 2 rings (SSSR count). The number of pyridine rings is 1. The fourth-order valence-corrected chi connectivity index (χ4v) is 2.02. The summed E-state index contributed by atoms with van der Waals surface area (Å²) in [6, 6.07) is 3.06. The molecule has 6 heteroatoms. The van der Waals surface area contributed by atoms with Crippen LogP contribution < -0.4 is 5.56 Å². The minimum atomic E-state index is -4.41. The molecule has 0 bridgehead atoms.